The zero-order chi connectivity index (χ0) is 10.2. The van der Waals surface area contributed by atoms with Crippen molar-refractivity contribution in [3.63, 3.8) is 0 Å². The minimum Gasteiger partial charge on any atom is -0.385 e. The van der Waals surface area contributed by atoms with Crippen molar-refractivity contribution < 1.29 is 9.50 Å². The molecule has 0 radical (unpaired) electrons. The van der Waals surface area contributed by atoms with Gasteiger partial charge in [-0.1, -0.05) is 25.0 Å². The average molecular weight is 259 g/mol. The van der Waals surface area contributed by atoms with Gasteiger partial charge in [0.25, 0.3) is 0 Å². The lowest BCUT2D eigenvalue weighted by atomic mass is 9.92. The number of aliphatic hydroxyl groups is 1. The fourth-order valence-corrected chi connectivity index (χ4v) is 2.73. The van der Waals surface area contributed by atoms with Crippen LogP contribution in [0.3, 0.4) is 0 Å². The van der Waals surface area contributed by atoms with Crippen LogP contribution in [0.15, 0.2) is 22.7 Å². The minimum absolute atomic E-state index is 0.303. The third-order valence-corrected chi connectivity index (χ3v) is 3.69. The Bertz CT molecular complexity index is 345. The van der Waals surface area contributed by atoms with Crippen molar-refractivity contribution in [1.82, 2.24) is 0 Å². The van der Waals surface area contributed by atoms with Gasteiger partial charge in [-0.3, -0.25) is 0 Å². The summed E-state index contributed by atoms with van der Waals surface area (Å²) in [6.45, 7) is 0. The first kappa shape index (κ1) is 10.1. The number of hydrogen-bond donors (Lipinski definition) is 1. The highest BCUT2D eigenvalue weighted by atomic mass is 79.9. The van der Waals surface area contributed by atoms with Gasteiger partial charge in [0, 0.05) is 5.56 Å². The van der Waals surface area contributed by atoms with E-state index in [9.17, 15) is 9.50 Å². The molecular weight excluding hydrogens is 247 g/mol. The lowest BCUT2D eigenvalue weighted by molar-refractivity contribution is 0.0433. The average Bonchev–Trinajstić information content (AvgIpc) is 2.58. The number of halogens is 2. The summed E-state index contributed by atoms with van der Waals surface area (Å²) in [6.07, 6.45) is 3.49. The van der Waals surface area contributed by atoms with Gasteiger partial charge in [-0.25, -0.2) is 4.39 Å². The predicted octanol–water partition coefficient (Wildman–Crippen LogP) is 3.35. The number of rotatable bonds is 1. The lowest BCUT2D eigenvalue weighted by Gasteiger charge is -2.24. The molecule has 0 bridgehead atoms. The smallest absolute Gasteiger partial charge is 0.137 e. The van der Waals surface area contributed by atoms with E-state index in [0.29, 0.717) is 10.0 Å². The van der Waals surface area contributed by atoms with Gasteiger partial charge in [0.1, 0.15) is 5.82 Å². The van der Waals surface area contributed by atoms with Crippen LogP contribution in [-0.2, 0) is 5.60 Å². The van der Waals surface area contributed by atoms with Crippen LogP contribution in [0.5, 0.6) is 0 Å². The molecule has 1 saturated carbocycles. The minimum atomic E-state index is -0.819. The molecule has 1 aromatic rings. The van der Waals surface area contributed by atoms with Gasteiger partial charge in [0.05, 0.1) is 10.1 Å². The first-order valence-corrected chi connectivity index (χ1v) is 5.60. The zero-order valence-electron chi connectivity index (χ0n) is 7.76. The summed E-state index contributed by atoms with van der Waals surface area (Å²) in [5.41, 5.74) is -0.129. The summed E-state index contributed by atoms with van der Waals surface area (Å²) in [5, 5.41) is 10.3. The molecule has 3 heteroatoms. The van der Waals surface area contributed by atoms with Crippen LogP contribution in [-0.4, -0.2) is 5.11 Å². The van der Waals surface area contributed by atoms with Gasteiger partial charge in [-0.2, -0.15) is 0 Å². The third-order valence-electron chi connectivity index (χ3n) is 2.88. The van der Waals surface area contributed by atoms with E-state index in [4.69, 9.17) is 0 Å². The Balaban J connectivity index is 2.45. The molecule has 76 valence electrons. The van der Waals surface area contributed by atoms with E-state index >= 15 is 0 Å². The molecule has 0 aliphatic heterocycles. The summed E-state index contributed by atoms with van der Waals surface area (Å²) in [6, 6.07) is 4.83. The van der Waals surface area contributed by atoms with E-state index in [1.54, 1.807) is 12.1 Å². The summed E-state index contributed by atoms with van der Waals surface area (Å²) in [7, 11) is 0. The third kappa shape index (κ3) is 1.59. The Morgan fingerprint density at radius 2 is 1.93 bits per heavy atom. The maximum atomic E-state index is 13.2. The van der Waals surface area contributed by atoms with Crippen LogP contribution < -0.4 is 0 Å². The normalized spacial score (nSPS) is 19.9. The fraction of sp³-hybridized carbons (Fsp3) is 0.455. The summed E-state index contributed by atoms with van der Waals surface area (Å²) < 4.78 is 13.7. The van der Waals surface area contributed by atoms with Gasteiger partial charge < -0.3 is 5.11 Å². The van der Waals surface area contributed by atoms with Crippen molar-refractivity contribution in [2.45, 2.75) is 31.3 Å². The van der Waals surface area contributed by atoms with Crippen LogP contribution >= 0.6 is 15.9 Å². The van der Waals surface area contributed by atoms with Crippen LogP contribution in [0.2, 0.25) is 0 Å². The molecular formula is C11H12BrFO. The molecule has 14 heavy (non-hydrogen) atoms. The van der Waals surface area contributed by atoms with Gasteiger partial charge >= 0.3 is 0 Å². The Labute approximate surface area is 91.1 Å². The summed E-state index contributed by atoms with van der Waals surface area (Å²) >= 11 is 3.19. The van der Waals surface area contributed by atoms with E-state index in [0.717, 1.165) is 25.7 Å². The molecule has 1 fully saturated rings. The van der Waals surface area contributed by atoms with Gasteiger partial charge in [-0.15, -0.1) is 0 Å². The molecule has 0 unspecified atom stereocenters. The van der Waals surface area contributed by atoms with Crippen LogP contribution in [0, 0.1) is 5.82 Å². The van der Waals surface area contributed by atoms with Crippen LogP contribution in [0.1, 0.15) is 31.2 Å². The molecule has 0 atom stereocenters. The largest absolute Gasteiger partial charge is 0.385 e. The highest BCUT2D eigenvalue weighted by Gasteiger charge is 2.35. The Morgan fingerprint density at radius 1 is 1.29 bits per heavy atom. The van der Waals surface area contributed by atoms with Crippen LogP contribution in [0.25, 0.3) is 0 Å². The quantitative estimate of drug-likeness (QED) is 0.819. The standard InChI is InChI=1S/C11H12BrFO/c12-10-8(4-3-5-9(10)13)11(14)6-1-2-7-11/h3-5,14H,1-2,6-7H2. The van der Waals surface area contributed by atoms with Crippen molar-refractivity contribution in [2.75, 3.05) is 0 Å². The monoisotopic (exact) mass is 258 g/mol. The molecule has 1 aliphatic carbocycles. The lowest BCUT2D eigenvalue weighted by Crippen LogP contribution is -2.21. The first-order chi connectivity index (χ1) is 6.63. The van der Waals surface area contributed by atoms with Crippen molar-refractivity contribution in [2.24, 2.45) is 0 Å². The zero-order valence-corrected chi connectivity index (χ0v) is 9.35. The molecule has 1 nitrogen and oxygen atoms in total. The number of benzene rings is 1. The van der Waals surface area contributed by atoms with Crippen molar-refractivity contribution in [3.8, 4) is 0 Å². The van der Waals surface area contributed by atoms with Crippen molar-refractivity contribution in [3.05, 3.63) is 34.1 Å². The molecule has 0 spiro atoms. The predicted molar refractivity (Wildman–Crippen MR) is 56.5 cm³/mol. The Kier molecular flexibility index (Phi) is 2.62. The maximum Gasteiger partial charge on any atom is 0.137 e. The van der Waals surface area contributed by atoms with Gasteiger partial charge in [0.2, 0.25) is 0 Å². The SMILES string of the molecule is OC1(c2cccc(F)c2Br)CCCC1. The molecule has 0 saturated heterocycles. The second-order valence-corrected chi connectivity index (χ2v) is 4.63. The Hall–Kier alpha value is -0.410. The van der Waals surface area contributed by atoms with E-state index in [1.807, 2.05) is 0 Å². The Morgan fingerprint density at radius 3 is 2.57 bits per heavy atom. The molecule has 0 aromatic heterocycles. The van der Waals surface area contributed by atoms with Gasteiger partial charge in [0.15, 0.2) is 0 Å². The van der Waals surface area contributed by atoms with Crippen LogP contribution in [0.4, 0.5) is 4.39 Å². The molecule has 1 N–H and O–H groups in total. The van der Waals surface area contributed by atoms with Gasteiger partial charge in [-0.05, 0) is 34.8 Å². The topological polar surface area (TPSA) is 20.2 Å². The second-order valence-electron chi connectivity index (χ2n) is 3.84. The summed E-state index contributed by atoms with van der Waals surface area (Å²) in [4.78, 5) is 0. The molecule has 1 aromatic carbocycles. The molecule has 0 heterocycles. The highest BCUT2D eigenvalue weighted by molar-refractivity contribution is 9.10. The molecule has 0 amide bonds. The second kappa shape index (κ2) is 3.63. The maximum absolute atomic E-state index is 13.2. The van der Waals surface area contributed by atoms with E-state index < -0.39 is 5.60 Å². The van der Waals surface area contributed by atoms with E-state index in [-0.39, 0.29) is 5.82 Å². The van der Waals surface area contributed by atoms with E-state index in [1.165, 1.54) is 6.07 Å². The van der Waals surface area contributed by atoms with Crippen molar-refractivity contribution >= 4 is 15.9 Å². The first-order valence-electron chi connectivity index (χ1n) is 4.80. The van der Waals surface area contributed by atoms with E-state index in [2.05, 4.69) is 15.9 Å². The molecule has 2 rings (SSSR count). The highest BCUT2D eigenvalue weighted by Crippen LogP contribution is 2.41. The summed E-state index contributed by atoms with van der Waals surface area (Å²) in [5.74, 6) is -0.303. The fourth-order valence-electron chi connectivity index (χ4n) is 2.09. The molecule has 1 aliphatic rings. The number of hydrogen-bond acceptors (Lipinski definition) is 1. The van der Waals surface area contributed by atoms with Crippen molar-refractivity contribution in [1.29, 1.82) is 0 Å².